The van der Waals surface area contributed by atoms with E-state index in [-0.39, 0.29) is 0 Å². The molecule has 106 valence electrons. The summed E-state index contributed by atoms with van der Waals surface area (Å²) in [4.78, 5) is 10.2. The molecule has 0 aliphatic rings. The van der Waals surface area contributed by atoms with Gasteiger partial charge in [-0.05, 0) is 23.8 Å². The molecular weight excluding hydrogens is 288 g/mol. The minimum Gasteiger partial charge on any atom is -0.256 e. The van der Waals surface area contributed by atoms with Gasteiger partial charge >= 0.3 is 0 Å². The molecule has 0 amide bonds. The number of fused-ring (bicyclic) bond motifs is 2. The maximum Gasteiger partial charge on any atom is 0.0742 e. The van der Waals surface area contributed by atoms with E-state index in [1.165, 1.54) is 21.2 Å². The van der Waals surface area contributed by atoms with Crippen LogP contribution in [0, 0.1) is 0 Å². The Hall–Kier alpha value is -2.39. The Morgan fingerprint density at radius 2 is 1.68 bits per heavy atom. The summed E-state index contributed by atoms with van der Waals surface area (Å²) in [7, 11) is 0. The minimum atomic E-state index is 0.905. The van der Waals surface area contributed by atoms with Crippen molar-refractivity contribution in [1.29, 1.82) is 0 Å². The fourth-order valence-corrected chi connectivity index (χ4v) is 3.66. The average Bonchev–Trinajstić information content (AvgIpc) is 2.60. The summed E-state index contributed by atoms with van der Waals surface area (Å²) in [6.07, 6.45) is 3.74. The Balaban J connectivity index is 1.69. The van der Waals surface area contributed by atoms with Crippen LogP contribution >= 0.6 is 11.8 Å². The Labute approximate surface area is 133 Å². The molecule has 2 heterocycles. The lowest BCUT2D eigenvalue weighted by Crippen LogP contribution is -1.88. The Bertz CT molecular complexity index is 860. The Kier molecular flexibility index (Phi) is 3.49. The summed E-state index contributed by atoms with van der Waals surface area (Å²) in [6, 6.07) is 20.8. The lowest BCUT2D eigenvalue weighted by atomic mass is 10.1. The van der Waals surface area contributed by atoms with E-state index in [0.717, 1.165) is 16.8 Å². The number of rotatable bonds is 3. The van der Waals surface area contributed by atoms with Gasteiger partial charge in [0.1, 0.15) is 0 Å². The van der Waals surface area contributed by atoms with Crippen molar-refractivity contribution >= 4 is 33.6 Å². The van der Waals surface area contributed by atoms with Crippen molar-refractivity contribution in [3.05, 3.63) is 78.6 Å². The standard InChI is InChI=1S/C19H14N2S/c1-2-9-17-16(8-1)18(10-12-20-17)22-13-15-6-3-5-14-7-4-11-21-19(14)15/h1-12H,13H2. The fourth-order valence-electron chi connectivity index (χ4n) is 2.63. The third-order valence-electron chi connectivity index (χ3n) is 3.71. The molecule has 2 aromatic heterocycles. The lowest BCUT2D eigenvalue weighted by Gasteiger charge is -2.07. The second-order valence-electron chi connectivity index (χ2n) is 5.11. The number of para-hydroxylation sites is 2. The second-order valence-corrected chi connectivity index (χ2v) is 6.12. The molecule has 3 heteroatoms. The fraction of sp³-hybridized carbons (Fsp3) is 0.0526. The number of benzene rings is 2. The highest BCUT2D eigenvalue weighted by Gasteiger charge is 2.05. The molecule has 2 nitrogen and oxygen atoms in total. The van der Waals surface area contributed by atoms with Crippen LogP contribution in [0.4, 0.5) is 0 Å². The summed E-state index contributed by atoms with van der Waals surface area (Å²) in [5, 5.41) is 2.41. The molecule has 0 aliphatic carbocycles. The first kappa shape index (κ1) is 13.3. The molecule has 0 unspecified atom stereocenters. The van der Waals surface area contributed by atoms with Crippen LogP contribution in [-0.2, 0) is 5.75 Å². The maximum atomic E-state index is 4.53. The van der Waals surface area contributed by atoms with Crippen LogP contribution in [0.3, 0.4) is 0 Å². The van der Waals surface area contributed by atoms with E-state index in [4.69, 9.17) is 0 Å². The van der Waals surface area contributed by atoms with Crippen molar-refractivity contribution in [3.63, 3.8) is 0 Å². The number of hydrogen-bond acceptors (Lipinski definition) is 3. The normalized spacial score (nSPS) is 11.1. The molecule has 4 rings (SSSR count). The zero-order valence-corrected chi connectivity index (χ0v) is 12.8. The lowest BCUT2D eigenvalue weighted by molar-refractivity contribution is 1.33. The van der Waals surface area contributed by atoms with Gasteiger partial charge in [-0.1, -0.05) is 42.5 Å². The summed E-state index contributed by atoms with van der Waals surface area (Å²) in [5.74, 6) is 0.905. The summed E-state index contributed by atoms with van der Waals surface area (Å²) in [6.45, 7) is 0. The van der Waals surface area contributed by atoms with Gasteiger partial charge in [-0.3, -0.25) is 9.97 Å². The number of hydrogen-bond donors (Lipinski definition) is 0. The van der Waals surface area contributed by atoms with Crippen molar-refractivity contribution in [2.75, 3.05) is 0 Å². The molecule has 0 fully saturated rings. The molecule has 22 heavy (non-hydrogen) atoms. The molecule has 0 spiro atoms. The third kappa shape index (κ3) is 2.44. The van der Waals surface area contributed by atoms with Gasteiger partial charge in [0.2, 0.25) is 0 Å². The average molecular weight is 302 g/mol. The van der Waals surface area contributed by atoms with Crippen LogP contribution in [-0.4, -0.2) is 9.97 Å². The summed E-state index contributed by atoms with van der Waals surface area (Å²) >= 11 is 1.84. The zero-order chi connectivity index (χ0) is 14.8. The predicted molar refractivity (Wildman–Crippen MR) is 93.0 cm³/mol. The maximum absolute atomic E-state index is 4.53. The van der Waals surface area contributed by atoms with Gasteiger partial charge in [-0.25, -0.2) is 0 Å². The van der Waals surface area contributed by atoms with Crippen LogP contribution in [0.25, 0.3) is 21.8 Å². The quantitative estimate of drug-likeness (QED) is 0.494. The van der Waals surface area contributed by atoms with Gasteiger partial charge in [0.15, 0.2) is 0 Å². The first-order valence-corrected chi connectivity index (χ1v) is 8.19. The molecule has 2 aromatic carbocycles. The number of pyridine rings is 2. The monoisotopic (exact) mass is 302 g/mol. The van der Waals surface area contributed by atoms with Crippen LogP contribution in [0.2, 0.25) is 0 Å². The molecule has 0 atom stereocenters. The number of thioether (sulfide) groups is 1. The molecule has 0 saturated carbocycles. The molecule has 0 N–H and O–H groups in total. The minimum absolute atomic E-state index is 0.905. The molecule has 0 radical (unpaired) electrons. The van der Waals surface area contributed by atoms with E-state index in [0.29, 0.717) is 0 Å². The van der Waals surface area contributed by atoms with Gasteiger partial charge in [-0.2, -0.15) is 0 Å². The molecule has 0 bridgehead atoms. The SMILES string of the molecule is c1cnc2c(CSc3ccnc4ccccc34)cccc2c1. The van der Waals surface area contributed by atoms with Gasteiger partial charge in [0.25, 0.3) is 0 Å². The highest BCUT2D eigenvalue weighted by molar-refractivity contribution is 7.98. The molecule has 4 aromatic rings. The van der Waals surface area contributed by atoms with E-state index >= 15 is 0 Å². The topological polar surface area (TPSA) is 25.8 Å². The van der Waals surface area contributed by atoms with Crippen LogP contribution < -0.4 is 0 Å². The van der Waals surface area contributed by atoms with Crippen LogP contribution in [0.5, 0.6) is 0 Å². The molecule has 0 saturated heterocycles. The third-order valence-corrected chi connectivity index (χ3v) is 4.83. The Morgan fingerprint density at radius 1 is 0.773 bits per heavy atom. The van der Waals surface area contributed by atoms with Crippen LogP contribution in [0.15, 0.2) is 78.0 Å². The molecule has 0 aliphatic heterocycles. The van der Waals surface area contributed by atoms with Gasteiger partial charge in [0.05, 0.1) is 11.0 Å². The van der Waals surface area contributed by atoms with Gasteiger partial charge in [-0.15, -0.1) is 11.8 Å². The van der Waals surface area contributed by atoms with Crippen molar-refractivity contribution in [3.8, 4) is 0 Å². The molecular formula is C19H14N2S. The summed E-state index contributed by atoms with van der Waals surface area (Å²) in [5.41, 5.74) is 3.41. The van der Waals surface area contributed by atoms with Crippen molar-refractivity contribution in [1.82, 2.24) is 9.97 Å². The van der Waals surface area contributed by atoms with E-state index in [9.17, 15) is 0 Å². The summed E-state index contributed by atoms with van der Waals surface area (Å²) < 4.78 is 0. The first-order valence-electron chi connectivity index (χ1n) is 7.21. The predicted octanol–water partition coefficient (Wildman–Crippen LogP) is 5.08. The zero-order valence-electron chi connectivity index (χ0n) is 11.9. The van der Waals surface area contributed by atoms with E-state index < -0.39 is 0 Å². The highest BCUT2D eigenvalue weighted by Crippen LogP contribution is 2.30. The van der Waals surface area contributed by atoms with Crippen molar-refractivity contribution in [2.24, 2.45) is 0 Å². The van der Waals surface area contributed by atoms with Crippen molar-refractivity contribution in [2.45, 2.75) is 10.6 Å². The van der Waals surface area contributed by atoms with Gasteiger partial charge in [0, 0.05) is 33.8 Å². The first-order chi connectivity index (χ1) is 10.9. The highest BCUT2D eigenvalue weighted by atomic mass is 32.2. The van der Waals surface area contributed by atoms with Gasteiger partial charge < -0.3 is 0 Å². The smallest absolute Gasteiger partial charge is 0.0742 e. The Morgan fingerprint density at radius 3 is 2.68 bits per heavy atom. The van der Waals surface area contributed by atoms with E-state index in [1.807, 2.05) is 36.3 Å². The largest absolute Gasteiger partial charge is 0.256 e. The van der Waals surface area contributed by atoms with Crippen molar-refractivity contribution < 1.29 is 0 Å². The van der Waals surface area contributed by atoms with E-state index in [1.54, 1.807) is 0 Å². The van der Waals surface area contributed by atoms with E-state index in [2.05, 4.69) is 58.5 Å². The number of aromatic nitrogens is 2. The number of nitrogens with zero attached hydrogens (tertiary/aromatic N) is 2. The second kappa shape index (κ2) is 5.78. The van der Waals surface area contributed by atoms with Crippen LogP contribution in [0.1, 0.15) is 5.56 Å².